The van der Waals surface area contributed by atoms with Gasteiger partial charge in [0.1, 0.15) is 6.07 Å². The van der Waals surface area contributed by atoms with Gasteiger partial charge in [0.2, 0.25) is 0 Å². The summed E-state index contributed by atoms with van der Waals surface area (Å²) in [6, 6.07) is 7.76. The molecule has 1 aromatic rings. The minimum absolute atomic E-state index is 0.357. The maximum atomic E-state index is 11.0. The topological polar surface area (TPSA) is 62.1 Å². The van der Waals surface area contributed by atoms with Crippen molar-refractivity contribution in [1.82, 2.24) is 0 Å². The van der Waals surface area contributed by atoms with Crippen LogP contribution < -0.4 is 5.32 Å². The summed E-state index contributed by atoms with van der Waals surface area (Å²) in [4.78, 5) is 11.0. The van der Waals surface area contributed by atoms with Crippen molar-refractivity contribution in [2.45, 2.75) is 13.8 Å². The average molecular weight is 244 g/mol. The first-order valence-electron chi connectivity index (χ1n) is 5.76. The molecule has 0 fully saturated rings. The highest BCUT2D eigenvalue weighted by atomic mass is 16.5. The molecule has 0 saturated carbocycles. The highest BCUT2D eigenvalue weighted by Crippen LogP contribution is 2.17. The van der Waals surface area contributed by atoms with E-state index >= 15 is 0 Å². The normalized spacial score (nSPS) is 10.1. The van der Waals surface area contributed by atoms with Crippen LogP contribution in [0.15, 0.2) is 30.4 Å². The molecule has 0 aromatic heterocycles. The van der Waals surface area contributed by atoms with E-state index in [1.165, 1.54) is 6.08 Å². The van der Waals surface area contributed by atoms with Crippen molar-refractivity contribution in [2.24, 2.45) is 0 Å². The largest absolute Gasteiger partial charge is 0.463 e. The molecule has 0 atom stereocenters. The SMILES string of the molecule is CCOC(=O)/C=C/CNc1cccc(C)c1C#N. The Bertz CT molecular complexity index is 487. The summed E-state index contributed by atoms with van der Waals surface area (Å²) in [6.45, 7) is 4.48. The molecule has 0 spiro atoms. The molecule has 0 aliphatic rings. The van der Waals surface area contributed by atoms with Crippen molar-refractivity contribution in [3.63, 3.8) is 0 Å². The molecule has 0 bridgehead atoms. The Morgan fingerprint density at radius 2 is 2.33 bits per heavy atom. The van der Waals surface area contributed by atoms with Gasteiger partial charge in [-0.05, 0) is 25.5 Å². The van der Waals surface area contributed by atoms with Crippen LogP contribution in [0.2, 0.25) is 0 Å². The smallest absolute Gasteiger partial charge is 0.330 e. The van der Waals surface area contributed by atoms with Crippen LogP contribution in [0.1, 0.15) is 18.1 Å². The molecule has 0 unspecified atom stereocenters. The summed E-state index contributed by atoms with van der Waals surface area (Å²) in [7, 11) is 0. The first kappa shape index (κ1) is 13.8. The van der Waals surface area contributed by atoms with Gasteiger partial charge in [-0.1, -0.05) is 18.2 Å². The van der Waals surface area contributed by atoms with Gasteiger partial charge >= 0.3 is 5.97 Å². The number of rotatable bonds is 5. The molecular formula is C14H16N2O2. The lowest BCUT2D eigenvalue weighted by Gasteiger charge is -2.07. The first-order valence-corrected chi connectivity index (χ1v) is 5.76. The number of esters is 1. The molecule has 0 amide bonds. The maximum absolute atomic E-state index is 11.0. The van der Waals surface area contributed by atoms with Crippen molar-refractivity contribution in [2.75, 3.05) is 18.5 Å². The van der Waals surface area contributed by atoms with Gasteiger partial charge < -0.3 is 10.1 Å². The maximum Gasteiger partial charge on any atom is 0.330 e. The third-order valence-corrected chi connectivity index (χ3v) is 2.34. The molecule has 4 nitrogen and oxygen atoms in total. The molecule has 4 heteroatoms. The molecular weight excluding hydrogens is 228 g/mol. The number of aryl methyl sites for hydroxylation is 1. The molecule has 0 aliphatic heterocycles. The molecule has 0 heterocycles. The number of hydrogen-bond acceptors (Lipinski definition) is 4. The monoisotopic (exact) mass is 244 g/mol. The zero-order valence-electron chi connectivity index (χ0n) is 10.6. The highest BCUT2D eigenvalue weighted by Gasteiger charge is 2.02. The number of nitrogens with one attached hydrogen (secondary N) is 1. The van der Waals surface area contributed by atoms with Crippen molar-refractivity contribution in [3.05, 3.63) is 41.5 Å². The van der Waals surface area contributed by atoms with Gasteiger partial charge in [0.05, 0.1) is 17.9 Å². The lowest BCUT2D eigenvalue weighted by Crippen LogP contribution is -2.04. The standard InChI is InChI=1S/C14H16N2O2/c1-3-18-14(17)8-5-9-16-13-7-4-6-11(2)12(13)10-15/h4-8,16H,3,9H2,1-2H3/b8-5+. The lowest BCUT2D eigenvalue weighted by atomic mass is 10.1. The minimum atomic E-state index is -0.357. The van der Waals surface area contributed by atoms with Crippen LogP contribution in [-0.2, 0) is 9.53 Å². The van der Waals surface area contributed by atoms with Crippen LogP contribution in [0.4, 0.5) is 5.69 Å². The van der Waals surface area contributed by atoms with Gasteiger partial charge in [0.15, 0.2) is 0 Å². The summed E-state index contributed by atoms with van der Waals surface area (Å²) in [5, 5.41) is 12.1. The van der Waals surface area contributed by atoms with Crippen LogP contribution in [0.25, 0.3) is 0 Å². The quantitative estimate of drug-likeness (QED) is 0.638. The van der Waals surface area contributed by atoms with Crippen LogP contribution in [-0.4, -0.2) is 19.1 Å². The van der Waals surface area contributed by atoms with E-state index in [0.29, 0.717) is 18.7 Å². The second kappa shape index (κ2) is 7.13. The Morgan fingerprint density at radius 1 is 1.56 bits per heavy atom. The average Bonchev–Trinajstić information content (AvgIpc) is 2.35. The number of carbonyl (C=O) groups is 1. The zero-order chi connectivity index (χ0) is 13.4. The molecule has 0 radical (unpaired) electrons. The predicted molar refractivity (Wildman–Crippen MR) is 70.2 cm³/mol. The molecule has 18 heavy (non-hydrogen) atoms. The molecule has 1 aromatic carbocycles. The summed E-state index contributed by atoms with van der Waals surface area (Å²) < 4.78 is 4.75. The van der Waals surface area contributed by atoms with Gasteiger partial charge in [0, 0.05) is 12.6 Å². The van der Waals surface area contributed by atoms with Crippen LogP contribution in [0, 0.1) is 18.3 Å². The number of carbonyl (C=O) groups excluding carboxylic acids is 1. The molecule has 1 rings (SSSR count). The third-order valence-electron chi connectivity index (χ3n) is 2.34. The van der Waals surface area contributed by atoms with E-state index < -0.39 is 0 Å². The van der Waals surface area contributed by atoms with Gasteiger partial charge in [0.25, 0.3) is 0 Å². The van der Waals surface area contributed by atoms with Crippen molar-refractivity contribution in [1.29, 1.82) is 5.26 Å². The van der Waals surface area contributed by atoms with E-state index in [1.807, 2.05) is 25.1 Å². The van der Waals surface area contributed by atoms with Crippen molar-refractivity contribution >= 4 is 11.7 Å². The Hall–Kier alpha value is -2.28. The molecule has 1 N–H and O–H groups in total. The van der Waals surface area contributed by atoms with E-state index in [2.05, 4.69) is 11.4 Å². The van der Waals surface area contributed by atoms with Crippen LogP contribution in [0.3, 0.4) is 0 Å². The zero-order valence-corrected chi connectivity index (χ0v) is 10.6. The highest BCUT2D eigenvalue weighted by molar-refractivity contribution is 5.82. The van der Waals surface area contributed by atoms with Crippen LogP contribution >= 0.6 is 0 Å². The van der Waals surface area contributed by atoms with E-state index in [0.717, 1.165) is 11.3 Å². The molecule has 94 valence electrons. The van der Waals surface area contributed by atoms with E-state index in [9.17, 15) is 4.79 Å². The summed E-state index contributed by atoms with van der Waals surface area (Å²) in [5.41, 5.74) is 2.32. The van der Waals surface area contributed by atoms with Gasteiger partial charge in [-0.2, -0.15) is 5.26 Å². The predicted octanol–water partition coefficient (Wildman–Crippen LogP) is 2.40. The number of nitriles is 1. The fourth-order valence-corrected chi connectivity index (χ4v) is 1.48. The van der Waals surface area contributed by atoms with E-state index in [4.69, 9.17) is 10.00 Å². The summed E-state index contributed by atoms with van der Waals surface area (Å²) in [5.74, 6) is -0.357. The number of nitrogens with zero attached hydrogens (tertiary/aromatic N) is 1. The van der Waals surface area contributed by atoms with Gasteiger partial charge in [-0.3, -0.25) is 0 Å². The summed E-state index contributed by atoms with van der Waals surface area (Å²) in [6.07, 6.45) is 3.04. The third kappa shape index (κ3) is 3.95. The number of benzene rings is 1. The van der Waals surface area contributed by atoms with E-state index in [1.54, 1.807) is 13.0 Å². The Kier molecular flexibility index (Phi) is 5.46. The van der Waals surface area contributed by atoms with Crippen molar-refractivity contribution < 1.29 is 9.53 Å². The fourth-order valence-electron chi connectivity index (χ4n) is 1.48. The minimum Gasteiger partial charge on any atom is -0.463 e. The Balaban J connectivity index is 2.57. The second-order valence-corrected chi connectivity index (χ2v) is 3.64. The molecule has 0 saturated heterocycles. The van der Waals surface area contributed by atoms with Gasteiger partial charge in [-0.25, -0.2) is 4.79 Å². The fraction of sp³-hybridized carbons (Fsp3) is 0.286. The number of hydrogen-bond donors (Lipinski definition) is 1. The summed E-state index contributed by atoms with van der Waals surface area (Å²) >= 11 is 0. The van der Waals surface area contributed by atoms with Crippen LogP contribution in [0.5, 0.6) is 0 Å². The molecule has 0 aliphatic carbocycles. The van der Waals surface area contributed by atoms with Crippen molar-refractivity contribution in [3.8, 4) is 6.07 Å². The Morgan fingerprint density at radius 3 is 3.00 bits per heavy atom. The Labute approximate surface area is 107 Å². The lowest BCUT2D eigenvalue weighted by molar-refractivity contribution is -0.137. The number of ether oxygens (including phenoxy) is 1. The van der Waals surface area contributed by atoms with E-state index in [-0.39, 0.29) is 5.97 Å². The number of anilines is 1. The first-order chi connectivity index (χ1) is 8.69. The van der Waals surface area contributed by atoms with Gasteiger partial charge in [-0.15, -0.1) is 0 Å². The second-order valence-electron chi connectivity index (χ2n) is 3.64.